The van der Waals surface area contributed by atoms with Gasteiger partial charge in [-0.25, -0.2) is 0 Å². The maximum Gasteiger partial charge on any atom is 0.282 e. The molecule has 2 aliphatic rings. The normalized spacial score (nSPS) is 19.2. The van der Waals surface area contributed by atoms with Gasteiger partial charge in [-0.1, -0.05) is 12.8 Å². The number of piperazine rings is 1. The maximum absolute atomic E-state index is 13.0. The van der Waals surface area contributed by atoms with Crippen molar-refractivity contribution in [3.63, 3.8) is 0 Å². The number of rotatable bonds is 7. The zero-order valence-electron chi connectivity index (χ0n) is 18.8. The molecule has 11 heteroatoms. The zero-order valence-corrected chi connectivity index (χ0v) is 19.6. The van der Waals surface area contributed by atoms with E-state index in [9.17, 15) is 18.0 Å². The minimum Gasteiger partial charge on any atom is -0.495 e. The molecule has 2 saturated heterocycles. The molecule has 2 heterocycles. The van der Waals surface area contributed by atoms with E-state index in [0.717, 1.165) is 25.7 Å². The number of ether oxygens (including phenoxy) is 1. The third-order valence-electron chi connectivity index (χ3n) is 5.71. The van der Waals surface area contributed by atoms with Crippen LogP contribution in [0.1, 0.15) is 32.6 Å². The number of hydrogen-bond donors (Lipinski definition) is 2. The van der Waals surface area contributed by atoms with Crippen molar-refractivity contribution in [1.29, 1.82) is 0 Å². The minimum atomic E-state index is -3.44. The number of nitrogens with zero attached hydrogens (tertiary/aromatic N) is 3. The summed E-state index contributed by atoms with van der Waals surface area (Å²) in [7, 11) is -1.94. The van der Waals surface area contributed by atoms with Crippen LogP contribution in [0, 0.1) is 0 Å². The molecule has 32 heavy (non-hydrogen) atoms. The van der Waals surface area contributed by atoms with Crippen LogP contribution in [0.3, 0.4) is 0 Å². The van der Waals surface area contributed by atoms with Crippen molar-refractivity contribution < 1.29 is 22.7 Å². The molecule has 1 aromatic carbocycles. The lowest BCUT2D eigenvalue weighted by Crippen LogP contribution is -2.54. The standard InChI is InChI=1S/C21H33N5O5S/c1-17(27)22-18-7-8-20(31-2)19(15-18)23-21(28)16-24-11-13-26(14-12-24)32(29,30)25-9-5-3-4-6-10-25/h7-8,15H,3-6,9-14,16H2,1-2H3,(H,22,27)(H,23,28). The Kier molecular flexibility index (Phi) is 8.46. The van der Waals surface area contributed by atoms with Gasteiger partial charge in [0.15, 0.2) is 0 Å². The van der Waals surface area contributed by atoms with E-state index in [1.807, 2.05) is 4.90 Å². The fourth-order valence-electron chi connectivity index (χ4n) is 4.03. The van der Waals surface area contributed by atoms with Crippen LogP contribution < -0.4 is 15.4 Å². The lowest BCUT2D eigenvalue weighted by molar-refractivity contribution is -0.117. The Morgan fingerprint density at radius 2 is 1.56 bits per heavy atom. The smallest absolute Gasteiger partial charge is 0.282 e. The highest BCUT2D eigenvalue weighted by molar-refractivity contribution is 7.86. The summed E-state index contributed by atoms with van der Waals surface area (Å²) >= 11 is 0. The topological polar surface area (TPSA) is 111 Å². The highest BCUT2D eigenvalue weighted by Crippen LogP contribution is 2.28. The average molecular weight is 468 g/mol. The fraction of sp³-hybridized carbons (Fsp3) is 0.619. The fourth-order valence-corrected chi connectivity index (χ4v) is 5.70. The Morgan fingerprint density at radius 1 is 0.938 bits per heavy atom. The molecule has 0 radical (unpaired) electrons. The summed E-state index contributed by atoms with van der Waals surface area (Å²) in [5, 5.41) is 5.50. The summed E-state index contributed by atoms with van der Waals surface area (Å²) in [4.78, 5) is 25.8. The number of nitrogens with one attached hydrogen (secondary N) is 2. The van der Waals surface area contributed by atoms with Crippen LogP contribution in [0.5, 0.6) is 5.75 Å². The lowest BCUT2D eigenvalue weighted by atomic mass is 10.2. The Bertz CT molecular complexity index is 907. The van der Waals surface area contributed by atoms with Crippen LogP contribution in [0.2, 0.25) is 0 Å². The number of amides is 2. The molecule has 0 aromatic heterocycles. The lowest BCUT2D eigenvalue weighted by Gasteiger charge is -2.36. The molecule has 2 amide bonds. The molecule has 0 unspecified atom stereocenters. The van der Waals surface area contributed by atoms with Gasteiger partial charge in [0.2, 0.25) is 11.8 Å². The molecule has 1 aromatic rings. The van der Waals surface area contributed by atoms with Crippen molar-refractivity contribution in [2.75, 3.05) is 63.6 Å². The van der Waals surface area contributed by atoms with E-state index in [-0.39, 0.29) is 18.4 Å². The summed E-state index contributed by atoms with van der Waals surface area (Å²) in [6.07, 6.45) is 3.97. The molecule has 3 rings (SSSR count). The molecule has 2 fully saturated rings. The van der Waals surface area contributed by atoms with Gasteiger partial charge in [0.1, 0.15) is 5.75 Å². The van der Waals surface area contributed by atoms with E-state index in [4.69, 9.17) is 4.74 Å². The van der Waals surface area contributed by atoms with Gasteiger partial charge in [0.05, 0.1) is 19.3 Å². The van der Waals surface area contributed by atoms with E-state index in [1.54, 1.807) is 22.5 Å². The molecular weight excluding hydrogens is 434 g/mol. The van der Waals surface area contributed by atoms with Crippen LogP contribution in [0.25, 0.3) is 0 Å². The second-order valence-electron chi connectivity index (χ2n) is 8.14. The zero-order chi connectivity index (χ0) is 23.1. The van der Waals surface area contributed by atoms with Crippen molar-refractivity contribution in [1.82, 2.24) is 13.5 Å². The van der Waals surface area contributed by atoms with Crippen LogP contribution in [-0.2, 0) is 19.8 Å². The van der Waals surface area contributed by atoms with Gasteiger partial charge in [-0.2, -0.15) is 17.0 Å². The molecule has 2 N–H and O–H groups in total. The Balaban J connectivity index is 1.54. The number of hydrogen-bond acceptors (Lipinski definition) is 6. The molecule has 0 bridgehead atoms. The monoisotopic (exact) mass is 467 g/mol. The molecule has 10 nitrogen and oxygen atoms in total. The van der Waals surface area contributed by atoms with E-state index in [0.29, 0.717) is 56.4 Å². The minimum absolute atomic E-state index is 0.144. The predicted octanol–water partition coefficient (Wildman–Crippen LogP) is 1.33. The van der Waals surface area contributed by atoms with Crippen LogP contribution in [-0.4, -0.2) is 86.7 Å². The van der Waals surface area contributed by atoms with Crippen molar-refractivity contribution >= 4 is 33.4 Å². The van der Waals surface area contributed by atoms with E-state index < -0.39 is 10.2 Å². The first kappa shape index (κ1) is 24.4. The van der Waals surface area contributed by atoms with Gasteiger partial charge in [0, 0.05) is 51.9 Å². The number of carbonyl (C=O) groups is 2. The van der Waals surface area contributed by atoms with Crippen molar-refractivity contribution in [2.24, 2.45) is 0 Å². The SMILES string of the molecule is COc1ccc(NC(C)=O)cc1NC(=O)CN1CCN(S(=O)(=O)N2CCCCCC2)CC1. The first-order chi connectivity index (χ1) is 15.3. The van der Waals surface area contributed by atoms with Gasteiger partial charge in [-0.15, -0.1) is 0 Å². The number of anilines is 2. The van der Waals surface area contributed by atoms with Gasteiger partial charge < -0.3 is 15.4 Å². The van der Waals surface area contributed by atoms with Crippen molar-refractivity contribution in [3.05, 3.63) is 18.2 Å². The molecule has 0 saturated carbocycles. The average Bonchev–Trinajstić information content (AvgIpc) is 3.04. The quantitative estimate of drug-likeness (QED) is 0.626. The first-order valence-electron chi connectivity index (χ1n) is 11.0. The number of methoxy groups -OCH3 is 1. The van der Waals surface area contributed by atoms with Crippen molar-refractivity contribution in [3.8, 4) is 5.75 Å². The van der Waals surface area contributed by atoms with Crippen molar-refractivity contribution in [2.45, 2.75) is 32.6 Å². The number of benzene rings is 1. The van der Waals surface area contributed by atoms with Crippen LogP contribution >= 0.6 is 0 Å². The molecule has 2 aliphatic heterocycles. The second kappa shape index (κ2) is 11.1. The van der Waals surface area contributed by atoms with E-state index in [2.05, 4.69) is 10.6 Å². The van der Waals surface area contributed by atoms with Gasteiger partial charge in [-0.3, -0.25) is 14.5 Å². The second-order valence-corrected chi connectivity index (χ2v) is 10.1. The summed E-state index contributed by atoms with van der Waals surface area (Å²) < 4.78 is 34.3. The molecule has 0 aliphatic carbocycles. The Hall–Kier alpha value is -2.21. The maximum atomic E-state index is 13.0. The molecule has 0 atom stereocenters. The van der Waals surface area contributed by atoms with Gasteiger partial charge >= 0.3 is 0 Å². The van der Waals surface area contributed by atoms with Crippen LogP contribution in [0.4, 0.5) is 11.4 Å². The Morgan fingerprint density at radius 3 is 2.16 bits per heavy atom. The highest BCUT2D eigenvalue weighted by Gasteiger charge is 2.32. The Labute approximate surface area is 190 Å². The summed E-state index contributed by atoms with van der Waals surface area (Å²) in [5.41, 5.74) is 1.02. The molecule has 0 spiro atoms. The first-order valence-corrected chi connectivity index (χ1v) is 12.4. The van der Waals surface area contributed by atoms with E-state index in [1.165, 1.54) is 18.3 Å². The largest absolute Gasteiger partial charge is 0.495 e. The number of carbonyl (C=O) groups excluding carboxylic acids is 2. The summed E-state index contributed by atoms with van der Waals surface area (Å²) in [6.45, 7) is 4.45. The third-order valence-corrected chi connectivity index (χ3v) is 7.75. The van der Waals surface area contributed by atoms with Gasteiger partial charge in [0.25, 0.3) is 10.2 Å². The van der Waals surface area contributed by atoms with E-state index >= 15 is 0 Å². The highest BCUT2D eigenvalue weighted by atomic mass is 32.2. The summed E-state index contributed by atoms with van der Waals surface area (Å²) in [6, 6.07) is 5.01. The third kappa shape index (κ3) is 6.41. The molecular formula is C21H33N5O5S. The summed E-state index contributed by atoms with van der Waals surface area (Å²) in [5.74, 6) is 0.0494. The van der Waals surface area contributed by atoms with Crippen LogP contribution in [0.15, 0.2) is 18.2 Å². The molecule has 178 valence electrons. The van der Waals surface area contributed by atoms with Gasteiger partial charge in [-0.05, 0) is 31.0 Å². The predicted molar refractivity (Wildman–Crippen MR) is 123 cm³/mol.